The third kappa shape index (κ3) is 2.94. The van der Waals surface area contributed by atoms with Crippen LogP contribution in [0.1, 0.15) is 12.0 Å². The summed E-state index contributed by atoms with van der Waals surface area (Å²) in [6.45, 7) is 0. The quantitative estimate of drug-likeness (QED) is 0.764. The molecule has 84 valence electrons. The van der Waals surface area contributed by atoms with Gasteiger partial charge in [0.25, 0.3) is 0 Å². The first-order valence-electron chi connectivity index (χ1n) is 5.35. The number of hydrogen-bond acceptors (Lipinski definition) is 3. The molecule has 2 rings (SSSR count). The van der Waals surface area contributed by atoms with Crippen molar-refractivity contribution in [2.45, 2.75) is 25.0 Å². The molecule has 0 aliphatic carbocycles. The van der Waals surface area contributed by atoms with Gasteiger partial charge in [0.15, 0.2) is 0 Å². The topological polar surface area (TPSA) is 46.5 Å². The lowest BCUT2D eigenvalue weighted by molar-refractivity contribution is -0.143. The molecule has 0 aromatic heterocycles. The molecule has 0 amide bonds. The summed E-state index contributed by atoms with van der Waals surface area (Å²) >= 11 is 0. The van der Waals surface area contributed by atoms with Crippen LogP contribution in [0.25, 0.3) is 0 Å². The smallest absolute Gasteiger partial charge is 0.330 e. The molecule has 1 aliphatic heterocycles. The lowest BCUT2D eigenvalue weighted by atomic mass is 10.0. The first kappa shape index (κ1) is 10.9. The summed E-state index contributed by atoms with van der Waals surface area (Å²) < 4.78 is 5.20. The van der Waals surface area contributed by atoms with E-state index < -0.39 is 6.10 Å². The van der Waals surface area contributed by atoms with E-state index in [2.05, 4.69) is 0 Å². The SMILES string of the molecule is O=C1C=C[C@@H](O)C[C@H](Cc2ccccc2)O1. The summed E-state index contributed by atoms with van der Waals surface area (Å²) in [5, 5.41) is 9.54. The van der Waals surface area contributed by atoms with E-state index in [1.54, 1.807) is 0 Å². The van der Waals surface area contributed by atoms with Gasteiger partial charge in [0.05, 0.1) is 6.10 Å². The molecule has 0 fully saturated rings. The van der Waals surface area contributed by atoms with Crippen LogP contribution in [0, 0.1) is 0 Å². The highest BCUT2D eigenvalue weighted by molar-refractivity contribution is 5.82. The number of ether oxygens (including phenoxy) is 1. The summed E-state index contributed by atoms with van der Waals surface area (Å²) in [5.74, 6) is -0.377. The number of hydrogen-bond donors (Lipinski definition) is 1. The normalized spacial score (nSPS) is 24.9. The monoisotopic (exact) mass is 218 g/mol. The molecule has 3 heteroatoms. The van der Waals surface area contributed by atoms with E-state index in [0.717, 1.165) is 5.56 Å². The van der Waals surface area contributed by atoms with Crippen molar-refractivity contribution in [1.82, 2.24) is 0 Å². The number of carbonyl (C=O) groups is 1. The highest BCUT2D eigenvalue weighted by Crippen LogP contribution is 2.15. The fraction of sp³-hybridized carbons (Fsp3) is 0.308. The summed E-state index contributed by atoms with van der Waals surface area (Å²) in [7, 11) is 0. The number of esters is 1. The summed E-state index contributed by atoms with van der Waals surface area (Å²) in [6, 6.07) is 9.81. The molecule has 0 bridgehead atoms. The molecule has 1 aliphatic rings. The van der Waals surface area contributed by atoms with Gasteiger partial charge in [-0.3, -0.25) is 0 Å². The average Bonchev–Trinajstić information content (AvgIpc) is 2.42. The molecule has 2 atom stereocenters. The molecule has 3 nitrogen and oxygen atoms in total. The fourth-order valence-corrected chi connectivity index (χ4v) is 1.79. The van der Waals surface area contributed by atoms with Crippen LogP contribution in [0.2, 0.25) is 0 Å². The Balaban J connectivity index is 2.02. The Morgan fingerprint density at radius 1 is 1.31 bits per heavy atom. The number of cyclic esters (lactones) is 1. The minimum absolute atomic E-state index is 0.250. The second kappa shape index (κ2) is 4.94. The lowest BCUT2D eigenvalue weighted by Gasteiger charge is -2.16. The number of aliphatic hydroxyl groups excluding tert-OH is 1. The van der Waals surface area contributed by atoms with Gasteiger partial charge in [-0.15, -0.1) is 0 Å². The highest BCUT2D eigenvalue weighted by Gasteiger charge is 2.20. The molecule has 0 unspecified atom stereocenters. The molecule has 1 N–H and O–H groups in total. The van der Waals surface area contributed by atoms with Gasteiger partial charge in [-0.2, -0.15) is 0 Å². The Morgan fingerprint density at radius 3 is 2.81 bits per heavy atom. The van der Waals surface area contributed by atoms with Crippen molar-refractivity contribution in [3.05, 3.63) is 48.0 Å². The average molecular weight is 218 g/mol. The summed E-state index contributed by atoms with van der Waals surface area (Å²) in [6.07, 6.45) is 3.02. The Hall–Kier alpha value is -1.61. The van der Waals surface area contributed by atoms with Crippen molar-refractivity contribution in [2.75, 3.05) is 0 Å². The van der Waals surface area contributed by atoms with Crippen LogP contribution in [-0.4, -0.2) is 23.3 Å². The van der Waals surface area contributed by atoms with Crippen molar-refractivity contribution < 1.29 is 14.6 Å². The van der Waals surface area contributed by atoms with Crippen molar-refractivity contribution in [1.29, 1.82) is 0 Å². The zero-order valence-corrected chi connectivity index (χ0v) is 8.87. The number of benzene rings is 1. The van der Waals surface area contributed by atoms with Gasteiger partial charge in [-0.1, -0.05) is 30.3 Å². The third-order valence-electron chi connectivity index (χ3n) is 2.55. The molecule has 0 spiro atoms. The van der Waals surface area contributed by atoms with E-state index in [4.69, 9.17) is 4.74 Å². The molecule has 0 saturated carbocycles. The minimum atomic E-state index is -0.597. The second-order valence-corrected chi connectivity index (χ2v) is 3.91. The summed E-state index contributed by atoms with van der Waals surface area (Å²) in [4.78, 5) is 11.2. The zero-order chi connectivity index (χ0) is 11.4. The van der Waals surface area contributed by atoms with Crippen LogP contribution >= 0.6 is 0 Å². The molecule has 0 saturated heterocycles. The van der Waals surface area contributed by atoms with E-state index in [0.29, 0.717) is 12.8 Å². The van der Waals surface area contributed by atoms with Gasteiger partial charge in [0.1, 0.15) is 6.10 Å². The third-order valence-corrected chi connectivity index (χ3v) is 2.55. The van der Waals surface area contributed by atoms with E-state index in [1.165, 1.54) is 12.2 Å². The van der Waals surface area contributed by atoms with Crippen molar-refractivity contribution in [3.63, 3.8) is 0 Å². The Kier molecular flexibility index (Phi) is 3.37. The van der Waals surface area contributed by atoms with Gasteiger partial charge in [-0.25, -0.2) is 4.79 Å². The summed E-state index contributed by atoms with van der Waals surface area (Å²) in [5.41, 5.74) is 1.11. The van der Waals surface area contributed by atoms with Gasteiger partial charge in [-0.05, 0) is 11.6 Å². The number of carbonyl (C=O) groups excluding carboxylic acids is 1. The molecule has 1 aromatic rings. The van der Waals surface area contributed by atoms with E-state index >= 15 is 0 Å². The van der Waals surface area contributed by atoms with Crippen molar-refractivity contribution >= 4 is 5.97 Å². The van der Waals surface area contributed by atoms with Gasteiger partial charge < -0.3 is 9.84 Å². The van der Waals surface area contributed by atoms with E-state index in [-0.39, 0.29) is 12.1 Å². The van der Waals surface area contributed by atoms with E-state index in [9.17, 15) is 9.90 Å². The van der Waals surface area contributed by atoms with Gasteiger partial charge in [0.2, 0.25) is 0 Å². The zero-order valence-electron chi connectivity index (χ0n) is 8.87. The van der Waals surface area contributed by atoms with Crippen LogP contribution in [0.4, 0.5) is 0 Å². The maximum Gasteiger partial charge on any atom is 0.330 e. The maximum absolute atomic E-state index is 11.2. The highest BCUT2D eigenvalue weighted by atomic mass is 16.5. The van der Waals surface area contributed by atoms with Crippen LogP contribution in [0.5, 0.6) is 0 Å². The Morgan fingerprint density at radius 2 is 2.06 bits per heavy atom. The van der Waals surface area contributed by atoms with Crippen LogP contribution in [-0.2, 0) is 16.0 Å². The maximum atomic E-state index is 11.2. The molecule has 0 radical (unpaired) electrons. The lowest BCUT2D eigenvalue weighted by Crippen LogP contribution is -2.21. The Bertz CT molecular complexity index is 383. The first-order valence-corrected chi connectivity index (χ1v) is 5.35. The van der Waals surface area contributed by atoms with E-state index in [1.807, 2.05) is 30.3 Å². The molecular weight excluding hydrogens is 204 g/mol. The van der Waals surface area contributed by atoms with Crippen LogP contribution in [0.15, 0.2) is 42.5 Å². The minimum Gasteiger partial charge on any atom is -0.459 e. The molecule has 1 heterocycles. The predicted molar refractivity (Wildman–Crippen MR) is 59.8 cm³/mol. The Labute approximate surface area is 94.4 Å². The van der Waals surface area contributed by atoms with Crippen LogP contribution in [0.3, 0.4) is 0 Å². The standard InChI is InChI=1S/C13H14O3/c14-11-6-7-13(15)16-12(9-11)8-10-4-2-1-3-5-10/h1-7,11-12,14H,8-9H2/t11-,12+/m1/s1. The van der Waals surface area contributed by atoms with Crippen LogP contribution < -0.4 is 0 Å². The fourth-order valence-electron chi connectivity index (χ4n) is 1.79. The van der Waals surface area contributed by atoms with Gasteiger partial charge in [0, 0.05) is 18.9 Å². The van der Waals surface area contributed by atoms with Gasteiger partial charge >= 0.3 is 5.97 Å². The number of rotatable bonds is 2. The molecule has 16 heavy (non-hydrogen) atoms. The largest absolute Gasteiger partial charge is 0.459 e. The van der Waals surface area contributed by atoms with Crippen molar-refractivity contribution in [2.24, 2.45) is 0 Å². The van der Waals surface area contributed by atoms with Crippen molar-refractivity contribution in [3.8, 4) is 0 Å². The molecular formula is C13H14O3. The predicted octanol–water partition coefficient (Wildman–Crippen LogP) is 1.46. The first-order chi connectivity index (χ1) is 7.74. The number of aliphatic hydroxyl groups is 1. The molecule has 1 aromatic carbocycles. The second-order valence-electron chi connectivity index (χ2n) is 3.91.